The fourth-order valence-electron chi connectivity index (χ4n) is 3.53. The molecule has 1 aliphatic heterocycles. The minimum Gasteiger partial charge on any atom is -0.357 e. The molecule has 4 heteroatoms. The lowest BCUT2D eigenvalue weighted by atomic mass is 9.92. The number of rotatable bonds is 5. The van der Waals surface area contributed by atoms with Gasteiger partial charge in [-0.15, -0.1) is 0 Å². The van der Waals surface area contributed by atoms with Crippen LogP contribution in [-0.4, -0.2) is 12.5 Å². The first-order valence-corrected chi connectivity index (χ1v) is 10.00. The topological polar surface area (TPSA) is 39.7 Å². The lowest BCUT2D eigenvalue weighted by Crippen LogP contribution is -2.53. The van der Waals surface area contributed by atoms with Gasteiger partial charge in [0, 0.05) is 11.6 Å². The minimum absolute atomic E-state index is 0.0128. The molecular weight excluding hydrogens is 362 g/mol. The summed E-state index contributed by atoms with van der Waals surface area (Å²) in [6.45, 7) is 6.14. The third-order valence-corrected chi connectivity index (χ3v) is 5.52. The molecule has 1 saturated heterocycles. The van der Waals surface area contributed by atoms with Crippen molar-refractivity contribution in [1.29, 1.82) is 0 Å². The van der Waals surface area contributed by atoms with Crippen molar-refractivity contribution < 1.29 is 14.5 Å². The highest BCUT2D eigenvalue weighted by Gasteiger charge is 2.47. The average molecular weight is 389 g/mol. The minimum atomic E-state index is -0.806. The number of aryl methyl sites for hydroxylation is 1. The summed E-state index contributed by atoms with van der Waals surface area (Å²) in [5.74, 6) is 0.0128. The van der Waals surface area contributed by atoms with Crippen molar-refractivity contribution >= 4 is 5.69 Å². The first kappa shape index (κ1) is 19.6. The van der Waals surface area contributed by atoms with Crippen molar-refractivity contribution in [2.24, 2.45) is 0 Å². The second-order valence-electron chi connectivity index (χ2n) is 7.75. The van der Waals surface area contributed by atoms with Gasteiger partial charge in [0.2, 0.25) is 0 Å². The van der Waals surface area contributed by atoms with Crippen LogP contribution in [0.1, 0.15) is 36.5 Å². The van der Waals surface area contributed by atoms with Crippen LogP contribution >= 0.6 is 0 Å². The van der Waals surface area contributed by atoms with Gasteiger partial charge >= 0.3 is 0 Å². The largest absolute Gasteiger partial charge is 0.357 e. The first-order valence-electron chi connectivity index (χ1n) is 10.00. The Morgan fingerprint density at radius 2 is 1.48 bits per heavy atom. The number of anilines is 1. The molecule has 1 heterocycles. The summed E-state index contributed by atoms with van der Waals surface area (Å²) in [6.07, 6.45) is -0.963. The van der Waals surface area contributed by atoms with E-state index < -0.39 is 18.1 Å². The second-order valence-corrected chi connectivity index (χ2v) is 7.75. The fourth-order valence-corrected chi connectivity index (χ4v) is 3.53. The molecule has 4 rings (SSSR count). The Balaban J connectivity index is 1.62. The van der Waals surface area contributed by atoms with E-state index in [4.69, 9.17) is 14.5 Å². The molecule has 150 valence electrons. The Labute approximate surface area is 172 Å². The lowest BCUT2D eigenvalue weighted by molar-refractivity contribution is -0.490. The van der Waals surface area contributed by atoms with Crippen LogP contribution in [0, 0.1) is 6.92 Å². The Morgan fingerprint density at radius 1 is 0.862 bits per heavy atom. The molecule has 0 spiro atoms. The van der Waals surface area contributed by atoms with E-state index >= 15 is 0 Å². The van der Waals surface area contributed by atoms with Crippen LogP contribution in [0.2, 0.25) is 0 Å². The monoisotopic (exact) mass is 389 g/mol. The Morgan fingerprint density at radius 3 is 2.14 bits per heavy atom. The van der Waals surface area contributed by atoms with Crippen LogP contribution in [0.3, 0.4) is 0 Å². The number of hydrogen-bond acceptors (Lipinski definition) is 4. The van der Waals surface area contributed by atoms with Gasteiger partial charge in [0.1, 0.15) is 0 Å². The molecule has 4 atom stereocenters. The molecule has 0 amide bonds. The highest BCUT2D eigenvalue weighted by atomic mass is 17.2. The molecule has 4 unspecified atom stereocenters. The molecule has 1 aliphatic rings. The average Bonchev–Trinajstić information content (AvgIpc) is 2.77. The molecule has 0 aromatic heterocycles. The van der Waals surface area contributed by atoms with Gasteiger partial charge in [-0.25, -0.2) is 9.78 Å². The molecule has 3 aromatic rings. The van der Waals surface area contributed by atoms with E-state index in [1.54, 1.807) is 0 Å². The summed E-state index contributed by atoms with van der Waals surface area (Å²) in [5, 5.41) is 3.51. The SMILES string of the molecule is Cc1ccc(NC2OC(C(C)c3ccccc3)OOC2(C)c2ccccc2)cc1. The van der Waals surface area contributed by atoms with E-state index in [0.717, 1.165) is 16.8 Å². The smallest absolute Gasteiger partial charge is 0.200 e. The van der Waals surface area contributed by atoms with Crippen LogP contribution in [0.4, 0.5) is 5.69 Å². The number of benzene rings is 3. The van der Waals surface area contributed by atoms with Crippen LogP contribution < -0.4 is 5.32 Å². The van der Waals surface area contributed by atoms with E-state index in [1.165, 1.54) is 5.56 Å². The fraction of sp³-hybridized carbons (Fsp3) is 0.280. The summed E-state index contributed by atoms with van der Waals surface area (Å²) in [4.78, 5) is 11.8. The van der Waals surface area contributed by atoms with Gasteiger partial charge in [-0.05, 0) is 37.1 Å². The van der Waals surface area contributed by atoms with Crippen molar-refractivity contribution in [1.82, 2.24) is 0 Å². The van der Waals surface area contributed by atoms with Crippen LogP contribution in [0.5, 0.6) is 0 Å². The van der Waals surface area contributed by atoms with E-state index in [-0.39, 0.29) is 5.92 Å². The van der Waals surface area contributed by atoms with Gasteiger partial charge in [0.15, 0.2) is 18.1 Å². The van der Waals surface area contributed by atoms with Crippen LogP contribution in [0.25, 0.3) is 0 Å². The molecule has 1 fully saturated rings. The lowest BCUT2D eigenvalue weighted by Gasteiger charge is -2.44. The van der Waals surface area contributed by atoms with Gasteiger partial charge in [-0.1, -0.05) is 85.3 Å². The van der Waals surface area contributed by atoms with Crippen molar-refractivity contribution in [3.05, 3.63) is 102 Å². The zero-order valence-electron chi connectivity index (χ0n) is 17.0. The van der Waals surface area contributed by atoms with E-state index in [2.05, 4.69) is 55.6 Å². The molecule has 3 aromatic carbocycles. The molecule has 1 N–H and O–H groups in total. The third kappa shape index (κ3) is 4.20. The van der Waals surface area contributed by atoms with Gasteiger partial charge in [0.25, 0.3) is 0 Å². The first-order chi connectivity index (χ1) is 14.1. The predicted molar refractivity (Wildman–Crippen MR) is 114 cm³/mol. The quantitative estimate of drug-likeness (QED) is 0.564. The standard InChI is InChI=1S/C25H27NO3/c1-18-14-16-22(17-15-18)26-24-25(3,21-12-8-5-9-13-21)29-28-23(27-24)19(2)20-10-6-4-7-11-20/h4-17,19,23-24,26H,1-3H3. The number of ether oxygens (including phenoxy) is 1. The maximum atomic E-state index is 6.45. The zero-order chi connectivity index (χ0) is 20.3. The van der Waals surface area contributed by atoms with E-state index in [1.807, 2.05) is 55.5 Å². The zero-order valence-corrected chi connectivity index (χ0v) is 17.0. The normalized spacial score (nSPS) is 25.3. The summed E-state index contributed by atoms with van der Waals surface area (Å²) >= 11 is 0. The van der Waals surface area contributed by atoms with Gasteiger partial charge in [-0.3, -0.25) is 0 Å². The second kappa shape index (κ2) is 8.37. The molecule has 0 bridgehead atoms. The number of nitrogens with one attached hydrogen (secondary N) is 1. The van der Waals surface area contributed by atoms with Crippen LogP contribution in [0.15, 0.2) is 84.9 Å². The van der Waals surface area contributed by atoms with Crippen molar-refractivity contribution in [2.45, 2.75) is 44.8 Å². The Bertz CT molecular complexity index is 914. The highest BCUT2D eigenvalue weighted by molar-refractivity contribution is 5.46. The molecule has 0 aliphatic carbocycles. The Hall–Kier alpha value is -2.66. The van der Waals surface area contributed by atoms with E-state index in [0.29, 0.717) is 0 Å². The third-order valence-electron chi connectivity index (χ3n) is 5.52. The summed E-state index contributed by atoms with van der Waals surface area (Å²) in [7, 11) is 0. The Kier molecular flexibility index (Phi) is 5.67. The maximum Gasteiger partial charge on any atom is 0.200 e. The molecule has 0 radical (unpaired) electrons. The van der Waals surface area contributed by atoms with Gasteiger partial charge in [0.05, 0.1) is 0 Å². The summed E-state index contributed by atoms with van der Waals surface area (Å²) in [6, 6.07) is 28.5. The van der Waals surface area contributed by atoms with E-state index in [9.17, 15) is 0 Å². The van der Waals surface area contributed by atoms with Gasteiger partial charge in [-0.2, -0.15) is 0 Å². The molecule has 0 saturated carbocycles. The van der Waals surface area contributed by atoms with Crippen molar-refractivity contribution in [3.63, 3.8) is 0 Å². The summed E-state index contributed by atoms with van der Waals surface area (Å²) in [5.41, 5.74) is 3.49. The number of hydrogen-bond donors (Lipinski definition) is 1. The predicted octanol–water partition coefficient (Wildman–Crippen LogP) is 5.76. The van der Waals surface area contributed by atoms with Crippen LogP contribution in [-0.2, 0) is 20.1 Å². The highest BCUT2D eigenvalue weighted by Crippen LogP contribution is 2.39. The van der Waals surface area contributed by atoms with Crippen molar-refractivity contribution in [3.8, 4) is 0 Å². The molecule has 4 nitrogen and oxygen atoms in total. The molecule has 29 heavy (non-hydrogen) atoms. The maximum absolute atomic E-state index is 6.45. The van der Waals surface area contributed by atoms with Gasteiger partial charge < -0.3 is 10.1 Å². The molecular formula is C25H27NO3. The van der Waals surface area contributed by atoms with Crippen molar-refractivity contribution in [2.75, 3.05) is 5.32 Å². The summed E-state index contributed by atoms with van der Waals surface area (Å²) < 4.78 is 6.45.